The molecule has 6 heteroatoms. The first-order chi connectivity index (χ1) is 9.01. The number of imide groups is 1. The first-order valence-electron chi connectivity index (χ1n) is 6.91. The van der Waals surface area contributed by atoms with E-state index in [1.54, 1.807) is 0 Å². The van der Waals surface area contributed by atoms with Gasteiger partial charge in [0.2, 0.25) is 5.91 Å². The predicted molar refractivity (Wildman–Crippen MR) is 71.5 cm³/mol. The molecule has 6 nitrogen and oxygen atoms in total. The van der Waals surface area contributed by atoms with Crippen LogP contribution in [-0.2, 0) is 9.59 Å². The number of amides is 4. The lowest BCUT2D eigenvalue weighted by atomic mass is 9.91. The van der Waals surface area contributed by atoms with Gasteiger partial charge in [-0.15, -0.1) is 0 Å². The molecule has 1 aliphatic rings. The number of carbonyl (C=O) groups is 3. The van der Waals surface area contributed by atoms with Crippen LogP contribution in [0.25, 0.3) is 0 Å². The third-order valence-corrected chi connectivity index (χ3v) is 3.73. The van der Waals surface area contributed by atoms with E-state index in [2.05, 4.69) is 10.6 Å². The Hall–Kier alpha value is -1.59. The summed E-state index contributed by atoms with van der Waals surface area (Å²) >= 11 is 0. The molecule has 2 N–H and O–H groups in total. The largest absolute Gasteiger partial charge is 0.355 e. The maximum Gasteiger partial charge on any atom is 0.325 e. The highest BCUT2D eigenvalue weighted by Crippen LogP contribution is 2.28. The summed E-state index contributed by atoms with van der Waals surface area (Å²) in [6, 6.07) is -0.473. The monoisotopic (exact) mass is 269 g/mol. The van der Waals surface area contributed by atoms with E-state index in [1.165, 1.54) is 4.90 Å². The van der Waals surface area contributed by atoms with Gasteiger partial charge in [-0.2, -0.15) is 0 Å². The van der Waals surface area contributed by atoms with Crippen LogP contribution < -0.4 is 10.6 Å². The van der Waals surface area contributed by atoms with Gasteiger partial charge in [0, 0.05) is 6.54 Å². The molecular weight excluding hydrogens is 246 g/mol. The van der Waals surface area contributed by atoms with Crippen LogP contribution in [0.15, 0.2) is 0 Å². The fraction of sp³-hybridized carbons (Fsp3) is 0.769. The molecule has 19 heavy (non-hydrogen) atoms. The quantitative estimate of drug-likeness (QED) is 0.535. The Balaban J connectivity index is 2.71. The maximum absolute atomic E-state index is 11.9. The minimum Gasteiger partial charge on any atom is -0.355 e. The zero-order chi connectivity index (χ0) is 14.5. The van der Waals surface area contributed by atoms with Crippen molar-refractivity contribution >= 4 is 17.8 Å². The van der Waals surface area contributed by atoms with Gasteiger partial charge in [-0.1, -0.05) is 27.2 Å². The van der Waals surface area contributed by atoms with Crippen molar-refractivity contribution in [3.05, 3.63) is 0 Å². The number of urea groups is 1. The third kappa shape index (κ3) is 3.05. The molecule has 0 unspecified atom stereocenters. The van der Waals surface area contributed by atoms with Crippen LogP contribution in [-0.4, -0.2) is 41.4 Å². The second kappa shape index (κ2) is 6.54. The van der Waals surface area contributed by atoms with Gasteiger partial charge < -0.3 is 10.2 Å². The number of unbranched alkanes of at least 4 members (excludes halogenated alkanes) is 1. The topological polar surface area (TPSA) is 78.5 Å². The molecule has 0 spiro atoms. The molecular formula is C13H23N3O3. The van der Waals surface area contributed by atoms with Crippen molar-refractivity contribution in [2.75, 3.05) is 13.1 Å². The summed E-state index contributed by atoms with van der Waals surface area (Å²) in [5, 5.41) is 5.06. The van der Waals surface area contributed by atoms with E-state index in [1.807, 2.05) is 20.8 Å². The van der Waals surface area contributed by atoms with E-state index in [0.717, 1.165) is 12.8 Å². The minimum absolute atomic E-state index is 0.0665. The highest BCUT2D eigenvalue weighted by Gasteiger charge is 2.50. The fourth-order valence-electron chi connectivity index (χ4n) is 2.38. The second-order valence-electron chi connectivity index (χ2n) is 4.79. The molecule has 0 aromatic heterocycles. The summed E-state index contributed by atoms with van der Waals surface area (Å²) in [5.74, 6) is -0.520. The number of hydrogen-bond donors (Lipinski definition) is 2. The molecule has 0 aromatic carbocycles. The Morgan fingerprint density at radius 2 is 1.89 bits per heavy atom. The van der Waals surface area contributed by atoms with Crippen LogP contribution in [0.2, 0.25) is 0 Å². The summed E-state index contributed by atoms with van der Waals surface area (Å²) < 4.78 is 0. The average Bonchev–Trinajstić information content (AvgIpc) is 2.62. The Kier molecular flexibility index (Phi) is 5.32. The highest BCUT2D eigenvalue weighted by atomic mass is 16.2. The van der Waals surface area contributed by atoms with Gasteiger partial charge in [-0.25, -0.2) is 4.79 Å². The molecule has 0 saturated carbocycles. The van der Waals surface area contributed by atoms with Gasteiger partial charge in [-0.05, 0) is 19.3 Å². The summed E-state index contributed by atoms with van der Waals surface area (Å²) in [5.41, 5.74) is -0.876. The molecule has 1 aliphatic heterocycles. The molecule has 0 aromatic rings. The summed E-state index contributed by atoms with van der Waals surface area (Å²) in [7, 11) is 0. The van der Waals surface area contributed by atoms with Gasteiger partial charge in [0.25, 0.3) is 5.91 Å². The second-order valence-corrected chi connectivity index (χ2v) is 4.79. The predicted octanol–water partition coefficient (Wildman–Crippen LogP) is 1.01. The van der Waals surface area contributed by atoms with E-state index < -0.39 is 11.6 Å². The molecule has 0 aliphatic carbocycles. The zero-order valence-electron chi connectivity index (χ0n) is 11.9. The number of hydrogen-bond acceptors (Lipinski definition) is 3. The van der Waals surface area contributed by atoms with Crippen molar-refractivity contribution < 1.29 is 14.4 Å². The van der Waals surface area contributed by atoms with Crippen LogP contribution in [0.4, 0.5) is 4.79 Å². The van der Waals surface area contributed by atoms with Gasteiger partial charge in [0.1, 0.15) is 12.1 Å². The normalized spacial score (nSPS) is 17.5. The van der Waals surface area contributed by atoms with E-state index >= 15 is 0 Å². The molecule has 108 valence electrons. The van der Waals surface area contributed by atoms with E-state index in [4.69, 9.17) is 0 Å². The standard InChI is InChI=1S/C13H23N3O3/c1-4-7-8-14-10(17)9-16-12(19)15-11(18)13(16,5-2)6-3/h4-9H2,1-3H3,(H,14,17)(H,15,18,19). The average molecular weight is 269 g/mol. The SMILES string of the molecule is CCCCNC(=O)CN1C(=O)NC(=O)C1(CC)CC. The molecule has 0 atom stereocenters. The summed E-state index contributed by atoms with van der Waals surface area (Å²) in [4.78, 5) is 36.9. The Morgan fingerprint density at radius 3 is 2.42 bits per heavy atom. The van der Waals surface area contributed by atoms with Crippen molar-refractivity contribution in [3.8, 4) is 0 Å². The molecule has 0 radical (unpaired) electrons. The van der Waals surface area contributed by atoms with Crippen LogP contribution in [0.1, 0.15) is 46.5 Å². The minimum atomic E-state index is -0.876. The van der Waals surface area contributed by atoms with Gasteiger partial charge in [-0.3, -0.25) is 14.9 Å². The lowest BCUT2D eigenvalue weighted by Gasteiger charge is -2.32. The third-order valence-electron chi connectivity index (χ3n) is 3.73. The Bertz CT molecular complexity index is 364. The first-order valence-corrected chi connectivity index (χ1v) is 6.91. The van der Waals surface area contributed by atoms with Crippen molar-refractivity contribution in [2.45, 2.75) is 52.0 Å². The lowest BCUT2D eigenvalue weighted by Crippen LogP contribution is -2.52. The highest BCUT2D eigenvalue weighted by molar-refractivity contribution is 6.08. The first kappa shape index (κ1) is 15.5. The van der Waals surface area contributed by atoms with Crippen LogP contribution in [0, 0.1) is 0 Å². The van der Waals surface area contributed by atoms with E-state index in [9.17, 15) is 14.4 Å². The molecule has 0 bridgehead atoms. The van der Waals surface area contributed by atoms with Crippen LogP contribution >= 0.6 is 0 Å². The van der Waals surface area contributed by atoms with Gasteiger partial charge in [0.15, 0.2) is 0 Å². The van der Waals surface area contributed by atoms with Crippen LogP contribution in [0.5, 0.6) is 0 Å². The summed E-state index contributed by atoms with van der Waals surface area (Å²) in [6.07, 6.45) is 2.91. The Labute approximate surface area is 113 Å². The number of carbonyl (C=O) groups excluding carboxylic acids is 3. The lowest BCUT2D eigenvalue weighted by molar-refractivity contribution is -0.129. The molecule has 1 fully saturated rings. The van der Waals surface area contributed by atoms with Crippen molar-refractivity contribution in [1.82, 2.24) is 15.5 Å². The van der Waals surface area contributed by atoms with Crippen molar-refractivity contribution in [2.24, 2.45) is 0 Å². The number of rotatable bonds is 7. The molecule has 1 heterocycles. The summed E-state index contributed by atoms with van der Waals surface area (Å²) in [6.45, 7) is 6.28. The molecule has 1 saturated heterocycles. The smallest absolute Gasteiger partial charge is 0.325 e. The molecule has 4 amide bonds. The van der Waals surface area contributed by atoms with Crippen molar-refractivity contribution in [3.63, 3.8) is 0 Å². The fourth-order valence-corrected chi connectivity index (χ4v) is 2.38. The Morgan fingerprint density at radius 1 is 1.26 bits per heavy atom. The van der Waals surface area contributed by atoms with Crippen molar-refractivity contribution in [1.29, 1.82) is 0 Å². The molecule has 1 rings (SSSR count). The van der Waals surface area contributed by atoms with Gasteiger partial charge in [0.05, 0.1) is 0 Å². The van der Waals surface area contributed by atoms with E-state index in [0.29, 0.717) is 19.4 Å². The number of nitrogens with one attached hydrogen (secondary N) is 2. The zero-order valence-corrected chi connectivity index (χ0v) is 11.9. The van der Waals surface area contributed by atoms with Gasteiger partial charge >= 0.3 is 6.03 Å². The van der Waals surface area contributed by atoms with E-state index in [-0.39, 0.29) is 18.4 Å². The maximum atomic E-state index is 11.9. The van der Waals surface area contributed by atoms with Crippen LogP contribution in [0.3, 0.4) is 0 Å². The number of nitrogens with zero attached hydrogens (tertiary/aromatic N) is 1.